The summed E-state index contributed by atoms with van der Waals surface area (Å²) in [6, 6.07) is 7.67. The van der Waals surface area contributed by atoms with Gasteiger partial charge in [-0.25, -0.2) is 14.2 Å². The Bertz CT molecular complexity index is 1110. The van der Waals surface area contributed by atoms with Gasteiger partial charge in [0.05, 0.1) is 16.1 Å². The van der Waals surface area contributed by atoms with Crippen molar-refractivity contribution in [2.75, 3.05) is 6.61 Å². The molecule has 1 N–H and O–H groups in total. The fourth-order valence-electron chi connectivity index (χ4n) is 2.74. The molecule has 10 heteroatoms. The van der Waals surface area contributed by atoms with E-state index in [1.165, 1.54) is 17.4 Å². The Hall–Kier alpha value is -3.14. The Morgan fingerprint density at radius 3 is 2.39 bits per heavy atom. The molecule has 0 aliphatic rings. The van der Waals surface area contributed by atoms with Crippen LogP contribution in [-0.2, 0) is 17.6 Å². The lowest BCUT2D eigenvalue weighted by atomic mass is 10.1. The lowest BCUT2D eigenvalue weighted by Crippen LogP contribution is -2.09. The SMILES string of the molecule is Cc1cc(OCC(=O)O)cc(OCc2sc(-c3ccc(C(F)(F)F)c(F)c3)nc2C)c1. The van der Waals surface area contributed by atoms with Gasteiger partial charge >= 0.3 is 12.1 Å². The molecule has 5 nitrogen and oxygen atoms in total. The van der Waals surface area contributed by atoms with E-state index in [0.29, 0.717) is 33.1 Å². The quantitative estimate of drug-likeness (QED) is 0.468. The molecule has 3 aromatic rings. The minimum atomic E-state index is -4.76. The lowest BCUT2D eigenvalue weighted by molar-refractivity contribution is -0.140. The summed E-state index contributed by atoms with van der Waals surface area (Å²) in [5.74, 6) is -1.66. The number of ether oxygens (including phenoxy) is 2. The minimum Gasteiger partial charge on any atom is -0.488 e. The van der Waals surface area contributed by atoms with E-state index in [2.05, 4.69) is 4.98 Å². The summed E-state index contributed by atoms with van der Waals surface area (Å²) in [5.41, 5.74) is 0.327. The first-order chi connectivity index (χ1) is 14.5. The molecule has 31 heavy (non-hydrogen) atoms. The van der Waals surface area contributed by atoms with Crippen molar-refractivity contribution >= 4 is 17.3 Å². The van der Waals surface area contributed by atoms with Crippen LogP contribution in [0, 0.1) is 19.7 Å². The second kappa shape index (κ2) is 8.93. The molecule has 1 heterocycles. The van der Waals surface area contributed by atoms with Crippen LogP contribution in [-0.4, -0.2) is 22.7 Å². The molecule has 0 aliphatic carbocycles. The Kier molecular flexibility index (Phi) is 6.49. The van der Waals surface area contributed by atoms with Crippen LogP contribution in [0.2, 0.25) is 0 Å². The van der Waals surface area contributed by atoms with E-state index in [0.717, 1.165) is 11.6 Å². The fourth-order valence-corrected chi connectivity index (χ4v) is 3.71. The van der Waals surface area contributed by atoms with Gasteiger partial charge in [0.15, 0.2) is 6.61 Å². The molecule has 0 atom stereocenters. The van der Waals surface area contributed by atoms with Gasteiger partial charge in [-0.2, -0.15) is 13.2 Å². The molecule has 3 rings (SSSR count). The summed E-state index contributed by atoms with van der Waals surface area (Å²) in [6.07, 6.45) is -4.76. The molecule has 0 bridgehead atoms. The van der Waals surface area contributed by atoms with Crippen LogP contribution in [0.4, 0.5) is 17.6 Å². The van der Waals surface area contributed by atoms with Crippen molar-refractivity contribution in [3.63, 3.8) is 0 Å². The first kappa shape index (κ1) is 22.5. The van der Waals surface area contributed by atoms with Crippen molar-refractivity contribution in [3.05, 3.63) is 63.9 Å². The molecule has 0 fully saturated rings. The third kappa shape index (κ3) is 5.72. The number of hydrogen-bond donors (Lipinski definition) is 1. The number of hydrogen-bond acceptors (Lipinski definition) is 5. The summed E-state index contributed by atoms with van der Waals surface area (Å²) < 4.78 is 63.1. The number of alkyl halides is 3. The monoisotopic (exact) mass is 455 g/mol. The maximum atomic E-state index is 13.9. The number of benzene rings is 2. The Labute approximate surface area is 178 Å². The molecule has 0 spiro atoms. The summed E-state index contributed by atoms with van der Waals surface area (Å²) in [5, 5.41) is 9.10. The molecule has 0 saturated carbocycles. The average Bonchev–Trinajstić information content (AvgIpc) is 3.04. The van der Waals surface area contributed by atoms with Crippen molar-refractivity contribution in [1.29, 1.82) is 0 Å². The van der Waals surface area contributed by atoms with Gasteiger partial charge in [-0.3, -0.25) is 0 Å². The molecular formula is C21H17F4NO4S. The number of aryl methyl sites for hydroxylation is 2. The van der Waals surface area contributed by atoms with Gasteiger partial charge in [-0.15, -0.1) is 11.3 Å². The van der Waals surface area contributed by atoms with Crippen LogP contribution in [0.15, 0.2) is 36.4 Å². The van der Waals surface area contributed by atoms with E-state index in [-0.39, 0.29) is 12.2 Å². The fraction of sp³-hybridized carbons (Fsp3) is 0.238. The lowest BCUT2D eigenvalue weighted by Gasteiger charge is -2.10. The first-order valence-corrected chi connectivity index (χ1v) is 9.77. The minimum absolute atomic E-state index is 0.119. The highest BCUT2D eigenvalue weighted by Gasteiger charge is 2.34. The van der Waals surface area contributed by atoms with Crippen LogP contribution in [0.1, 0.15) is 21.7 Å². The van der Waals surface area contributed by atoms with Gasteiger partial charge in [0.1, 0.15) is 28.9 Å². The Balaban J connectivity index is 1.75. The number of carbonyl (C=O) groups is 1. The number of halogens is 4. The largest absolute Gasteiger partial charge is 0.488 e. The molecule has 1 aromatic heterocycles. The van der Waals surface area contributed by atoms with Gasteiger partial charge in [0.2, 0.25) is 0 Å². The van der Waals surface area contributed by atoms with Crippen molar-refractivity contribution < 1.29 is 36.9 Å². The van der Waals surface area contributed by atoms with E-state index in [1.807, 2.05) is 0 Å². The van der Waals surface area contributed by atoms with Crippen molar-refractivity contribution in [2.24, 2.45) is 0 Å². The zero-order valence-corrected chi connectivity index (χ0v) is 17.2. The summed E-state index contributed by atoms with van der Waals surface area (Å²) in [7, 11) is 0. The third-order valence-corrected chi connectivity index (χ3v) is 5.35. The number of aliphatic carboxylic acids is 1. The predicted molar refractivity (Wildman–Crippen MR) is 106 cm³/mol. The van der Waals surface area contributed by atoms with Crippen LogP contribution < -0.4 is 9.47 Å². The van der Waals surface area contributed by atoms with Crippen LogP contribution in [0.3, 0.4) is 0 Å². The molecular weight excluding hydrogens is 438 g/mol. The average molecular weight is 455 g/mol. The van der Waals surface area contributed by atoms with E-state index in [4.69, 9.17) is 14.6 Å². The van der Waals surface area contributed by atoms with Crippen LogP contribution >= 0.6 is 11.3 Å². The van der Waals surface area contributed by atoms with Crippen molar-refractivity contribution in [2.45, 2.75) is 26.6 Å². The second-order valence-corrected chi connectivity index (χ2v) is 7.76. The van der Waals surface area contributed by atoms with E-state index < -0.39 is 30.1 Å². The van der Waals surface area contributed by atoms with Gasteiger partial charge < -0.3 is 14.6 Å². The number of rotatable bonds is 7. The second-order valence-electron chi connectivity index (χ2n) is 6.67. The molecule has 0 amide bonds. The smallest absolute Gasteiger partial charge is 0.419 e. The number of nitrogens with zero attached hydrogens (tertiary/aromatic N) is 1. The number of carboxylic acids is 1. The highest BCUT2D eigenvalue weighted by molar-refractivity contribution is 7.15. The van der Waals surface area contributed by atoms with Gasteiger partial charge in [0, 0.05) is 11.6 Å². The number of carboxylic acid groups (broad SMARTS) is 1. The zero-order valence-electron chi connectivity index (χ0n) is 16.4. The van der Waals surface area contributed by atoms with E-state index >= 15 is 0 Å². The topological polar surface area (TPSA) is 68.7 Å². The molecule has 0 saturated heterocycles. The van der Waals surface area contributed by atoms with E-state index in [9.17, 15) is 22.4 Å². The number of thiazole rings is 1. The maximum Gasteiger partial charge on any atom is 0.419 e. The predicted octanol–water partition coefficient (Wildman–Crippen LogP) is 5.63. The summed E-state index contributed by atoms with van der Waals surface area (Å²) in [6.45, 7) is 3.16. The van der Waals surface area contributed by atoms with Crippen molar-refractivity contribution in [1.82, 2.24) is 4.98 Å². The molecule has 2 aromatic carbocycles. The van der Waals surface area contributed by atoms with Gasteiger partial charge in [-0.05, 0) is 43.7 Å². The number of aromatic nitrogens is 1. The maximum absolute atomic E-state index is 13.9. The molecule has 0 unspecified atom stereocenters. The zero-order chi connectivity index (χ0) is 22.8. The van der Waals surface area contributed by atoms with Gasteiger partial charge in [-0.1, -0.05) is 6.07 Å². The standard InChI is InChI=1S/C21H17F4NO4S/c1-11-5-14(8-15(6-11)30-10-19(27)28)29-9-18-12(2)26-20(31-18)13-3-4-16(17(22)7-13)21(23,24)25/h3-8H,9-10H2,1-2H3,(H,27,28). The molecule has 0 radical (unpaired) electrons. The van der Waals surface area contributed by atoms with Crippen LogP contribution in [0.5, 0.6) is 11.5 Å². The normalized spacial score (nSPS) is 11.4. The van der Waals surface area contributed by atoms with E-state index in [1.54, 1.807) is 32.0 Å². The Morgan fingerprint density at radius 1 is 1.10 bits per heavy atom. The summed E-state index contributed by atoms with van der Waals surface area (Å²) >= 11 is 1.18. The highest BCUT2D eigenvalue weighted by atomic mass is 32.1. The Morgan fingerprint density at radius 2 is 1.77 bits per heavy atom. The first-order valence-electron chi connectivity index (χ1n) is 8.95. The van der Waals surface area contributed by atoms with Crippen molar-refractivity contribution in [3.8, 4) is 22.1 Å². The summed E-state index contributed by atoms with van der Waals surface area (Å²) in [4.78, 5) is 15.7. The van der Waals surface area contributed by atoms with Crippen LogP contribution in [0.25, 0.3) is 10.6 Å². The molecule has 0 aliphatic heterocycles. The van der Waals surface area contributed by atoms with Gasteiger partial charge in [0.25, 0.3) is 0 Å². The molecule has 164 valence electrons. The highest BCUT2D eigenvalue weighted by Crippen LogP contribution is 2.35. The third-order valence-electron chi connectivity index (χ3n) is 4.17.